The van der Waals surface area contributed by atoms with E-state index >= 15 is 0 Å². The predicted octanol–water partition coefficient (Wildman–Crippen LogP) is 1.92. The lowest BCUT2D eigenvalue weighted by Gasteiger charge is -2.27. The molecule has 0 radical (unpaired) electrons. The van der Waals surface area contributed by atoms with Crippen LogP contribution in [0.15, 0.2) is 18.2 Å². The van der Waals surface area contributed by atoms with Crippen LogP contribution in [0.2, 0.25) is 0 Å². The van der Waals surface area contributed by atoms with Crippen LogP contribution in [0, 0.1) is 10.1 Å². The highest BCUT2D eigenvalue weighted by Gasteiger charge is 2.22. The molecule has 1 aromatic rings. The normalized spacial score (nSPS) is 14.7. The number of anilines is 1. The number of hydrogen-bond acceptors (Lipinski definition) is 4. The Bertz CT molecular complexity index is 483. The number of amides is 1. The van der Waals surface area contributed by atoms with E-state index in [0.717, 1.165) is 19.3 Å². The van der Waals surface area contributed by atoms with Crippen molar-refractivity contribution in [2.45, 2.75) is 25.3 Å². The van der Waals surface area contributed by atoms with E-state index in [1.807, 2.05) is 0 Å². The monoisotopic (exact) mass is 249 g/mol. The summed E-state index contributed by atoms with van der Waals surface area (Å²) in [5.41, 5.74) is 0.852. The van der Waals surface area contributed by atoms with Crippen LogP contribution in [-0.2, 0) is 0 Å². The Kier molecular flexibility index (Phi) is 3.45. The van der Waals surface area contributed by atoms with E-state index in [4.69, 9.17) is 0 Å². The molecule has 1 aliphatic rings. The van der Waals surface area contributed by atoms with Crippen molar-refractivity contribution in [1.29, 1.82) is 0 Å². The zero-order chi connectivity index (χ0) is 13.1. The number of nitrogens with one attached hydrogen (secondary N) is 2. The molecule has 6 nitrogen and oxygen atoms in total. The van der Waals surface area contributed by atoms with E-state index in [0.29, 0.717) is 11.3 Å². The zero-order valence-corrected chi connectivity index (χ0v) is 10.1. The largest absolute Gasteiger partial charge is 0.377 e. The minimum absolute atomic E-state index is 0.00885. The predicted molar refractivity (Wildman–Crippen MR) is 67.7 cm³/mol. The number of hydrogen-bond donors (Lipinski definition) is 2. The molecule has 2 rings (SSSR count). The van der Waals surface area contributed by atoms with Crippen molar-refractivity contribution in [2.75, 3.05) is 12.4 Å². The van der Waals surface area contributed by atoms with Crippen LogP contribution in [0.25, 0.3) is 0 Å². The van der Waals surface area contributed by atoms with E-state index in [1.54, 1.807) is 0 Å². The topological polar surface area (TPSA) is 84.3 Å². The number of rotatable bonds is 4. The highest BCUT2D eigenvalue weighted by molar-refractivity contribution is 5.95. The molecule has 1 aromatic carbocycles. The number of nitro groups is 1. The number of benzene rings is 1. The van der Waals surface area contributed by atoms with Crippen molar-refractivity contribution < 1.29 is 9.72 Å². The molecular weight excluding hydrogens is 234 g/mol. The van der Waals surface area contributed by atoms with Crippen molar-refractivity contribution in [1.82, 2.24) is 5.32 Å². The van der Waals surface area contributed by atoms with Crippen molar-refractivity contribution in [3.8, 4) is 0 Å². The van der Waals surface area contributed by atoms with Gasteiger partial charge in [0, 0.05) is 24.7 Å². The van der Waals surface area contributed by atoms with Gasteiger partial charge in [0.15, 0.2) is 0 Å². The maximum absolute atomic E-state index is 11.5. The Hall–Kier alpha value is -2.11. The summed E-state index contributed by atoms with van der Waals surface area (Å²) in [5.74, 6) is -0.249. The summed E-state index contributed by atoms with van der Waals surface area (Å²) in [4.78, 5) is 22.0. The average Bonchev–Trinajstić information content (AvgIpc) is 2.32. The lowest BCUT2D eigenvalue weighted by Crippen LogP contribution is -2.27. The van der Waals surface area contributed by atoms with Gasteiger partial charge in [0.2, 0.25) is 0 Å². The third-order valence-corrected chi connectivity index (χ3v) is 3.15. The highest BCUT2D eigenvalue weighted by Crippen LogP contribution is 2.30. The Morgan fingerprint density at radius 1 is 1.44 bits per heavy atom. The number of carbonyl (C=O) groups is 1. The van der Waals surface area contributed by atoms with Gasteiger partial charge in [-0.15, -0.1) is 0 Å². The molecule has 0 heterocycles. The fourth-order valence-corrected chi connectivity index (χ4v) is 1.87. The smallest absolute Gasteiger partial charge is 0.292 e. The van der Waals surface area contributed by atoms with Gasteiger partial charge in [-0.05, 0) is 31.4 Å². The maximum Gasteiger partial charge on any atom is 0.292 e. The van der Waals surface area contributed by atoms with Gasteiger partial charge in [0.25, 0.3) is 11.6 Å². The van der Waals surface area contributed by atoms with Gasteiger partial charge in [-0.1, -0.05) is 0 Å². The van der Waals surface area contributed by atoms with Crippen molar-refractivity contribution in [3.63, 3.8) is 0 Å². The molecule has 0 aromatic heterocycles. The number of nitro benzene ring substituents is 1. The average molecular weight is 249 g/mol. The molecule has 1 amide bonds. The second kappa shape index (κ2) is 5.03. The Morgan fingerprint density at radius 2 is 2.17 bits per heavy atom. The lowest BCUT2D eigenvalue weighted by atomic mass is 9.93. The molecule has 0 bridgehead atoms. The number of nitrogens with zero attached hydrogens (tertiary/aromatic N) is 1. The van der Waals surface area contributed by atoms with Gasteiger partial charge >= 0.3 is 0 Å². The molecular formula is C12H15N3O3. The molecule has 0 spiro atoms. The standard InChI is InChI=1S/C12H15N3O3/c1-13-12(16)8-5-6-11(15(17)18)10(7-8)14-9-3-2-4-9/h5-7,9,14H,2-4H2,1H3,(H,13,16). The Balaban J connectivity index is 2.30. The van der Waals surface area contributed by atoms with Crippen molar-refractivity contribution in [3.05, 3.63) is 33.9 Å². The molecule has 96 valence electrons. The fraction of sp³-hybridized carbons (Fsp3) is 0.417. The zero-order valence-electron chi connectivity index (χ0n) is 10.1. The summed E-state index contributed by atoms with van der Waals surface area (Å²) >= 11 is 0. The summed E-state index contributed by atoms with van der Waals surface area (Å²) in [7, 11) is 1.53. The van der Waals surface area contributed by atoms with Crippen LogP contribution < -0.4 is 10.6 Å². The van der Waals surface area contributed by atoms with E-state index in [1.165, 1.54) is 25.2 Å². The summed E-state index contributed by atoms with van der Waals surface area (Å²) in [6.45, 7) is 0. The van der Waals surface area contributed by atoms with Gasteiger partial charge in [-0.2, -0.15) is 0 Å². The van der Waals surface area contributed by atoms with Crippen LogP contribution in [0.1, 0.15) is 29.6 Å². The SMILES string of the molecule is CNC(=O)c1ccc([N+](=O)[O-])c(NC2CCC2)c1. The first-order valence-electron chi connectivity index (χ1n) is 5.89. The minimum Gasteiger partial charge on any atom is -0.377 e. The van der Waals surface area contributed by atoms with E-state index in [9.17, 15) is 14.9 Å². The first-order valence-corrected chi connectivity index (χ1v) is 5.89. The van der Waals surface area contributed by atoms with Gasteiger partial charge in [-0.25, -0.2) is 0 Å². The quantitative estimate of drug-likeness (QED) is 0.630. The summed E-state index contributed by atoms with van der Waals surface area (Å²) in [5, 5.41) is 16.6. The van der Waals surface area contributed by atoms with E-state index in [2.05, 4.69) is 10.6 Å². The first-order chi connectivity index (χ1) is 8.61. The molecule has 2 N–H and O–H groups in total. The second-order valence-corrected chi connectivity index (χ2v) is 4.34. The van der Waals surface area contributed by atoms with Crippen LogP contribution in [0.3, 0.4) is 0 Å². The van der Waals surface area contributed by atoms with E-state index < -0.39 is 4.92 Å². The highest BCUT2D eigenvalue weighted by atomic mass is 16.6. The fourth-order valence-electron chi connectivity index (χ4n) is 1.87. The van der Waals surface area contributed by atoms with Gasteiger partial charge in [0.1, 0.15) is 5.69 Å². The third-order valence-electron chi connectivity index (χ3n) is 3.15. The molecule has 0 aliphatic heterocycles. The molecule has 18 heavy (non-hydrogen) atoms. The minimum atomic E-state index is -0.436. The number of carbonyl (C=O) groups excluding carboxylic acids is 1. The lowest BCUT2D eigenvalue weighted by molar-refractivity contribution is -0.384. The molecule has 1 fully saturated rings. The molecule has 6 heteroatoms. The van der Waals surface area contributed by atoms with Crippen LogP contribution in [-0.4, -0.2) is 23.9 Å². The maximum atomic E-state index is 11.5. The van der Waals surface area contributed by atoms with Gasteiger partial charge in [-0.3, -0.25) is 14.9 Å². The van der Waals surface area contributed by atoms with Crippen LogP contribution in [0.4, 0.5) is 11.4 Å². The molecule has 1 aliphatic carbocycles. The van der Waals surface area contributed by atoms with E-state index in [-0.39, 0.29) is 17.6 Å². The summed E-state index contributed by atoms with van der Waals surface area (Å²) in [6.07, 6.45) is 3.17. The van der Waals surface area contributed by atoms with Gasteiger partial charge in [0.05, 0.1) is 4.92 Å². The molecule has 0 unspecified atom stereocenters. The summed E-state index contributed by atoms with van der Waals surface area (Å²) in [6, 6.07) is 4.65. The van der Waals surface area contributed by atoms with Crippen LogP contribution in [0.5, 0.6) is 0 Å². The Labute approximate surface area is 105 Å². The molecule has 0 atom stereocenters. The van der Waals surface area contributed by atoms with Crippen molar-refractivity contribution >= 4 is 17.3 Å². The molecule has 1 saturated carbocycles. The third kappa shape index (κ3) is 2.42. The Morgan fingerprint density at radius 3 is 2.67 bits per heavy atom. The molecule has 0 saturated heterocycles. The van der Waals surface area contributed by atoms with Crippen molar-refractivity contribution in [2.24, 2.45) is 0 Å². The first kappa shape index (κ1) is 12.3. The van der Waals surface area contributed by atoms with Crippen LogP contribution >= 0.6 is 0 Å². The van der Waals surface area contributed by atoms with Gasteiger partial charge < -0.3 is 10.6 Å². The summed E-state index contributed by atoms with van der Waals surface area (Å²) < 4.78 is 0. The second-order valence-electron chi connectivity index (χ2n) is 4.34.